The summed E-state index contributed by atoms with van der Waals surface area (Å²) in [5.41, 5.74) is 1.06. The summed E-state index contributed by atoms with van der Waals surface area (Å²) < 4.78 is 5.18. The molecule has 0 N–H and O–H groups in total. The highest BCUT2D eigenvalue weighted by atomic mass is 16.5. The second-order valence-corrected chi connectivity index (χ2v) is 3.58. The fourth-order valence-corrected chi connectivity index (χ4v) is 1.63. The third-order valence-electron chi connectivity index (χ3n) is 2.55. The highest BCUT2D eigenvalue weighted by molar-refractivity contribution is 5.94. The molecule has 0 spiro atoms. The van der Waals surface area contributed by atoms with Gasteiger partial charge in [-0.05, 0) is 12.1 Å². The van der Waals surface area contributed by atoms with E-state index in [1.807, 2.05) is 0 Å². The summed E-state index contributed by atoms with van der Waals surface area (Å²) in [5.74, 6) is -0.0132. The van der Waals surface area contributed by atoms with Crippen LogP contribution in [0.5, 0.6) is 0 Å². The van der Waals surface area contributed by atoms with Crippen molar-refractivity contribution in [3.8, 4) is 0 Å². The van der Waals surface area contributed by atoms with Crippen LogP contribution in [0.15, 0.2) is 24.3 Å². The molecule has 0 saturated carbocycles. The lowest BCUT2D eigenvalue weighted by Gasteiger charge is -2.26. The minimum atomic E-state index is -0.0132. The van der Waals surface area contributed by atoms with E-state index in [0.717, 1.165) is 0 Å². The minimum absolute atomic E-state index is 0.0132. The quantitative estimate of drug-likeness (QED) is 0.731. The van der Waals surface area contributed by atoms with Gasteiger partial charge >= 0.3 is 0 Å². The molecule has 0 bridgehead atoms. The number of benzene rings is 1. The molecule has 0 unspecified atom stereocenters. The van der Waals surface area contributed by atoms with Gasteiger partial charge in [-0.15, -0.1) is 0 Å². The van der Waals surface area contributed by atoms with Crippen LogP contribution < -0.4 is 0 Å². The van der Waals surface area contributed by atoms with Crippen molar-refractivity contribution in [3.05, 3.63) is 35.4 Å². The van der Waals surface area contributed by atoms with Crippen LogP contribution in [0.25, 0.3) is 0 Å². The molecule has 0 atom stereocenters. The number of carbonyl (C=O) groups is 1. The molecule has 4 nitrogen and oxygen atoms in total. The molecule has 2 rings (SSSR count). The largest absolute Gasteiger partial charge is 0.378 e. The van der Waals surface area contributed by atoms with Gasteiger partial charge in [0.2, 0.25) is 6.29 Å². The van der Waals surface area contributed by atoms with E-state index in [2.05, 4.69) is 0 Å². The Balaban J connectivity index is 2.10. The van der Waals surface area contributed by atoms with E-state index >= 15 is 0 Å². The van der Waals surface area contributed by atoms with Gasteiger partial charge in [0.05, 0.1) is 13.2 Å². The SMILES string of the molecule is O=[C]c1ccc(C(=O)N2CCOCC2)cc1. The van der Waals surface area contributed by atoms with Crippen LogP contribution in [0, 0.1) is 0 Å². The molecule has 1 saturated heterocycles. The molecule has 1 aliphatic heterocycles. The number of morpholine rings is 1. The van der Waals surface area contributed by atoms with Crippen molar-refractivity contribution >= 4 is 12.2 Å². The molecular weight excluding hydrogens is 206 g/mol. The van der Waals surface area contributed by atoms with Crippen LogP contribution in [-0.4, -0.2) is 43.4 Å². The molecule has 1 aromatic carbocycles. The van der Waals surface area contributed by atoms with Gasteiger partial charge in [0.25, 0.3) is 5.91 Å². The van der Waals surface area contributed by atoms with Crippen LogP contribution in [-0.2, 0) is 9.53 Å². The zero-order chi connectivity index (χ0) is 11.4. The molecule has 16 heavy (non-hydrogen) atoms. The van der Waals surface area contributed by atoms with Gasteiger partial charge in [0.15, 0.2) is 0 Å². The average Bonchev–Trinajstić information content (AvgIpc) is 2.39. The van der Waals surface area contributed by atoms with E-state index in [9.17, 15) is 9.59 Å². The molecule has 83 valence electrons. The van der Waals surface area contributed by atoms with Gasteiger partial charge in [-0.1, -0.05) is 12.1 Å². The maximum Gasteiger partial charge on any atom is 0.254 e. The van der Waals surface area contributed by atoms with Gasteiger partial charge in [0.1, 0.15) is 0 Å². The molecule has 1 fully saturated rings. The Morgan fingerprint density at radius 1 is 1.19 bits per heavy atom. The van der Waals surface area contributed by atoms with Crippen molar-refractivity contribution in [3.63, 3.8) is 0 Å². The number of amides is 1. The lowest BCUT2D eigenvalue weighted by Crippen LogP contribution is -2.40. The summed E-state index contributed by atoms with van der Waals surface area (Å²) in [6.45, 7) is 2.43. The minimum Gasteiger partial charge on any atom is -0.378 e. The Bertz CT molecular complexity index is 380. The number of carbonyl (C=O) groups excluding carboxylic acids is 2. The number of hydrogen-bond acceptors (Lipinski definition) is 3. The van der Waals surface area contributed by atoms with E-state index in [1.54, 1.807) is 35.5 Å². The van der Waals surface area contributed by atoms with Crippen molar-refractivity contribution in [1.29, 1.82) is 0 Å². The molecule has 1 aromatic rings. The summed E-state index contributed by atoms with van der Waals surface area (Å²) in [4.78, 5) is 24.1. The molecule has 0 aromatic heterocycles. The Morgan fingerprint density at radius 3 is 2.38 bits per heavy atom. The van der Waals surface area contributed by atoms with Crippen molar-refractivity contribution in [1.82, 2.24) is 4.90 Å². The molecule has 1 aliphatic rings. The Hall–Kier alpha value is -1.68. The standard InChI is InChI=1S/C12H12NO3/c14-9-10-1-3-11(4-2-10)12(15)13-5-7-16-8-6-13/h1-4H,5-8H2. The van der Waals surface area contributed by atoms with E-state index in [-0.39, 0.29) is 5.91 Å². The summed E-state index contributed by atoms with van der Waals surface area (Å²) >= 11 is 0. The summed E-state index contributed by atoms with van der Waals surface area (Å²) in [6, 6.07) is 6.50. The highest BCUT2D eigenvalue weighted by Crippen LogP contribution is 2.08. The lowest BCUT2D eigenvalue weighted by atomic mass is 10.1. The molecule has 1 heterocycles. The third-order valence-corrected chi connectivity index (χ3v) is 2.55. The first-order valence-corrected chi connectivity index (χ1v) is 5.16. The van der Waals surface area contributed by atoms with Gasteiger partial charge in [-0.2, -0.15) is 0 Å². The smallest absolute Gasteiger partial charge is 0.254 e. The molecule has 0 aliphatic carbocycles. The van der Waals surface area contributed by atoms with Crippen molar-refractivity contribution in [2.75, 3.05) is 26.3 Å². The lowest BCUT2D eigenvalue weighted by molar-refractivity contribution is 0.0303. The second-order valence-electron chi connectivity index (χ2n) is 3.58. The van der Waals surface area contributed by atoms with Crippen LogP contribution in [0.2, 0.25) is 0 Å². The fourth-order valence-electron chi connectivity index (χ4n) is 1.63. The Labute approximate surface area is 93.8 Å². The van der Waals surface area contributed by atoms with Crippen LogP contribution in [0.1, 0.15) is 15.9 Å². The monoisotopic (exact) mass is 218 g/mol. The van der Waals surface area contributed by atoms with Gasteiger partial charge in [-0.25, -0.2) is 0 Å². The first-order chi connectivity index (χ1) is 7.81. The zero-order valence-electron chi connectivity index (χ0n) is 8.81. The zero-order valence-corrected chi connectivity index (χ0v) is 8.81. The fraction of sp³-hybridized carbons (Fsp3) is 0.333. The molecule has 4 heteroatoms. The molecular formula is C12H12NO3. The van der Waals surface area contributed by atoms with Crippen molar-refractivity contribution < 1.29 is 14.3 Å². The van der Waals surface area contributed by atoms with Gasteiger partial charge < -0.3 is 9.64 Å². The van der Waals surface area contributed by atoms with Crippen LogP contribution in [0.3, 0.4) is 0 Å². The van der Waals surface area contributed by atoms with Gasteiger partial charge in [0, 0.05) is 24.2 Å². The number of rotatable bonds is 2. The Kier molecular flexibility index (Phi) is 3.31. The van der Waals surface area contributed by atoms with Crippen molar-refractivity contribution in [2.45, 2.75) is 0 Å². The Morgan fingerprint density at radius 2 is 1.81 bits per heavy atom. The summed E-state index contributed by atoms with van der Waals surface area (Å²) in [7, 11) is 0. The van der Waals surface area contributed by atoms with Crippen molar-refractivity contribution in [2.24, 2.45) is 0 Å². The number of nitrogens with zero attached hydrogens (tertiary/aromatic N) is 1. The van der Waals surface area contributed by atoms with E-state index < -0.39 is 0 Å². The predicted molar refractivity (Wildman–Crippen MR) is 58.0 cm³/mol. The normalized spacial score (nSPS) is 15.9. The topological polar surface area (TPSA) is 46.6 Å². The first-order valence-electron chi connectivity index (χ1n) is 5.16. The molecule has 1 amide bonds. The number of hydrogen-bond donors (Lipinski definition) is 0. The third kappa shape index (κ3) is 2.28. The van der Waals surface area contributed by atoms with Crippen LogP contribution in [0.4, 0.5) is 0 Å². The number of ether oxygens (including phenoxy) is 1. The maximum absolute atomic E-state index is 12.0. The summed E-state index contributed by atoms with van der Waals surface area (Å²) in [6.07, 6.45) is 1.78. The van der Waals surface area contributed by atoms with Gasteiger partial charge in [-0.3, -0.25) is 9.59 Å². The summed E-state index contributed by atoms with van der Waals surface area (Å²) in [5, 5.41) is 0. The predicted octanol–water partition coefficient (Wildman–Crippen LogP) is 0.617. The highest BCUT2D eigenvalue weighted by Gasteiger charge is 2.17. The average molecular weight is 218 g/mol. The first kappa shape index (κ1) is 10.8. The van der Waals surface area contributed by atoms with E-state index in [4.69, 9.17) is 4.74 Å². The van der Waals surface area contributed by atoms with E-state index in [0.29, 0.717) is 37.4 Å². The van der Waals surface area contributed by atoms with Crippen LogP contribution >= 0.6 is 0 Å². The van der Waals surface area contributed by atoms with E-state index in [1.165, 1.54) is 0 Å². The second kappa shape index (κ2) is 4.90. The molecule has 1 radical (unpaired) electrons. The maximum atomic E-state index is 12.0.